The number of fused-ring (bicyclic) bond motifs is 1. The van der Waals surface area contributed by atoms with Crippen LogP contribution in [0.5, 0.6) is 0 Å². The zero-order valence-electron chi connectivity index (χ0n) is 21.4. The molecule has 2 heterocycles. The van der Waals surface area contributed by atoms with Gasteiger partial charge in [0.1, 0.15) is 12.3 Å². The van der Waals surface area contributed by atoms with Crippen LogP contribution < -0.4 is 15.1 Å². The number of carbonyl (C=O) groups excluding carboxylic acids is 2. The molecular weight excluding hydrogens is 500 g/mol. The molecule has 2 amide bonds. The van der Waals surface area contributed by atoms with E-state index in [1.165, 1.54) is 6.07 Å². The summed E-state index contributed by atoms with van der Waals surface area (Å²) in [4.78, 5) is 40.6. The summed E-state index contributed by atoms with van der Waals surface area (Å²) in [5, 5.41) is 24.5. The number of ether oxygens (including phenoxy) is 1. The van der Waals surface area contributed by atoms with Gasteiger partial charge in [-0.2, -0.15) is 0 Å². The van der Waals surface area contributed by atoms with Crippen molar-refractivity contribution in [2.75, 3.05) is 29.5 Å². The molecule has 5 rings (SSSR count). The largest absolute Gasteiger partial charge is 0.444 e. The second kappa shape index (κ2) is 11.5. The highest BCUT2D eigenvalue weighted by Gasteiger charge is 2.35. The predicted molar refractivity (Wildman–Crippen MR) is 146 cm³/mol. The van der Waals surface area contributed by atoms with E-state index < -0.39 is 16.9 Å². The molecule has 2 aliphatic heterocycles. The minimum absolute atomic E-state index is 0.0839. The van der Waals surface area contributed by atoms with Gasteiger partial charge in [0.2, 0.25) is 0 Å². The van der Waals surface area contributed by atoms with Crippen molar-refractivity contribution in [2.24, 2.45) is 0 Å². The van der Waals surface area contributed by atoms with Crippen LogP contribution in [0.2, 0.25) is 0 Å². The molecule has 0 bridgehead atoms. The monoisotopic (exact) mass is 530 g/mol. The first-order valence-electron chi connectivity index (χ1n) is 13.0. The lowest BCUT2D eigenvalue weighted by atomic mass is 9.99. The van der Waals surface area contributed by atoms with Gasteiger partial charge in [0, 0.05) is 36.3 Å². The number of benzene rings is 3. The lowest BCUT2D eigenvalue weighted by molar-refractivity contribution is -0.384. The Balaban J connectivity index is 1.27. The van der Waals surface area contributed by atoms with Crippen LogP contribution in [-0.4, -0.2) is 53.8 Å². The van der Waals surface area contributed by atoms with Gasteiger partial charge in [-0.05, 0) is 43.0 Å². The summed E-state index contributed by atoms with van der Waals surface area (Å²) in [6, 6.07) is 21.0. The fourth-order valence-electron chi connectivity index (χ4n) is 5.29. The lowest BCUT2D eigenvalue weighted by Crippen LogP contribution is -2.49. The summed E-state index contributed by atoms with van der Waals surface area (Å²) < 4.78 is 5.37. The number of nitro groups is 1. The third-order valence-electron chi connectivity index (χ3n) is 7.28. The molecule has 0 radical (unpaired) electrons. The number of amides is 2. The Morgan fingerprint density at radius 1 is 1.05 bits per heavy atom. The number of nitrogens with zero attached hydrogens (tertiary/aromatic N) is 3. The molecule has 0 unspecified atom stereocenters. The molecule has 39 heavy (non-hydrogen) atoms. The van der Waals surface area contributed by atoms with Gasteiger partial charge in [0.25, 0.3) is 11.6 Å². The van der Waals surface area contributed by atoms with Gasteiger partial charge >= 0.3 is 6.09 Å². The number of aliphatic hydroxyl groups is 1. The number of rotatable bonds is 8. The Morgan fingerprint density at radius 3 is 2.49 bits per heavy atom. The average molecular weight is 531 g/mol. The van der Waals surface area contributed by atoms with Crippen molar-refractivity contribution in [2.45, 2.75) is 38.0 Å². The summed E-state index contributed by atoms with van der Waals surface area (Å²) in [5.41, 5.74) is 3.19. The molecule has 0 aliphatic carbocycles. The van der Waals surface area contributed by atoms with E-state index >= 15 is 0 Å². The molecule has 3 aromatic carbocycles. The maximum absolute atomic E-state index is 12.9. The summed E-state index contributed by atoms with van der Waals surface area (Å²) in [6.07, 6.45) is 1.29. The molecule has 2 N–H and O–H groups in total. The first kappa shape index (κ1) is 26.2. The Labute approximate surface area is 226 Å². The number of anilines is 2. The number of cyclic esters (lactones) is 1. The Morgan fingerprint density at radius 2 is 1.77 bits per heavy atom. The fraction of sp³-hybridized carbons (Fsp3) is 0.310. The molecule has 0 spiro atoms. The molecular formula is C29H30N4O6. The molecule has 202 valence electrons. The maximum atomic E-state index is 12.9. The summed E-state index contributed by atoms with van der Waals surface area (Å²) in [7, 11) is 0. The van der Waals surface area contributed by atoms with E-state index in [1.807, 2.05) is 59.5 Å². The Bertz CT molecular complexity index is 1360. The second-order valence-electron chi connectivity index (χ2n) is 9.77. The number of aliphatic hydroxyl groups excluding tert-OH is 1. The molecule has 0 saturated carbocycles. The third kappa shape index (κ3) is 5.70. The number of nitro benzene ring substituents is 1. The van der Waals surface area contributed by atoms with Crippen molar-refractivity contribution < 1.29 is 24.4 Å². The first-order valence-corrected chi connectivity index (χ1v) is 13.0. The third-order valence-corrected chi connectivity index (χ3v) is 7.28. The van der Waals surface area contributed by atoms with Crippen LogP contribution >= 0.6 is 0 Å². The van der Waals surface area contributed by atoms with E-state index in [2.05, 4.69) is 5.32 Å². The molecule has 10 heteroatoms. The minimum atomic E-state index is -0.524. The Hall–Kier alpha value is -4.44. The predicted octanol–water partition coefficient (Wildman–Crippen LogP) is 4.05. The number of nitrogens with one attached hydrogen (secondary N) is 1. The van der Waals surface area contributed by atoms with Crippen molar-refractivity contribution in [3.05, 3.63) is 99.6 Å². The number of hydrogen-bond acceptors (Lipinski definition) is 7. The van der Waals surface area contributed by atoms with Crippen molar-refractivity contribution >= 4 is 29.1 Å². The highest BCUT2D eigenvalue weighted by molar-refractivity contribution is 5.96. The first-order chi connectivity index (χ1) is 18.9. The summed E-state index contributed by atoms with van der Waals surface area (Å²) >= 11 is 0. The van der Waals surface area contributed by atoms with Crippen molar-refractivity contribution in [3.8, 4) is 0 Å². The van der Waals surface area contributed by atoms with Crippen LogP contribution in [-0.2, 0) is 17.8 Å². The van der Waals surface area contributed by atoms with Crippen LogP contribution in [0.25, 0.3) is 0 Å². The van der Waals surface area contributed by atoms with Crippen molar-refractivity contribution in [1.29, 1.82) is 0 Å². The van der Waals surface area contributed by atoms with Gasteiger partial charge in [-0.15, -0.1) is 0 Å². The van der Waals surface area contributed by atoms with E-state index in [0.717, 1.165) is 16.8 Å². The molecule has 1 atom stereocenters. The number of carbonyl (C=O) groups is 2. The zero-order chi connectivity index (χ0) is 27.4. The molecule has 0 aromatic heterocycles. The number of para-hydroxylation sites is 1. The number of hydrogen-bond donors (Lipinski definition) is 2. The average Bonchev–Trinajstić information content (AvgIpc) is 2.97. The number of piperidine rings is 1. The molecule has 10 nitrogen and oxygen atoms in total. The van der Waals surface area contributed by atoms with Crippen LogP contribution in [0.4, 0.5) is 21.9 Å². The summed E-state index contributed by atoms with van der Waals surface area (Å²) in [6.45, 7) is 1.01. The van der Waals surface area contributed by atoms with Crippen LogP contribution in [0.1, 0.15) is 34.3 Å². The molecule has 1 fully saturated rings. The molecule has 1 saturated heterocycles. The van der Waals surface area contributed by atoms with E-state index in [0.29, 0.717) is 38.0 Å². The standard InChI is InChI=1S/C29H30N4O6/c34-18-23(16-20-6-2-1-3-7-20)30-28(35)21-10-11-26(27(17-21)33(37)38)31-14-12-24(13-15-31)32-25-9-5-4-8-22(25)19-39-29(32)36/h1-11,17,23-24,34H,12-16,18-19H2,(H,30,35)/t23-/m1/s1. The molecule has 2 aliphatic rings. The van der Waals surface area contributed by atoms with Crippen LogP contribution in [0.3, 0.4) is 0 Å². The molecule has 3 aromatic rings. The van der Waals surface area contributed by atoms with Crippen molar-refractivity contribution in [1.82, 2.24) is 5.32 Å². The van der Waals surface area contributed by atoms with Gasteiger partial charge in [0.05, 0.1) is 23.3 Å². The van der Waals surface area contributed by atoms with Crippen LogP contribution in [0.15, 0.2) is 72.8 Å². The Kier molecular flexibility index (Phi) is 7.74. The quantitative estimate of drug-likeness (QED) is 0.332. The zero-order valence-corrected chi connectivity index (χ0v) is 21.4. The van der Waals surface area contributed by atoms with E-state index in [-0.39, 0.29) is 36.6 Å². The van der Waals surface area contributed by atoms with E-state index in [1.54, 1.807) is 17.0 Å². The maximum Gasteiger partial charge on any atom is 0.414 e. The van der Waals surface area contributed by atoms with Gasteiger partial charge in [-0.3, -0.25) is 19.8 Å². The van der Waals surface area contributed by atoms with Gasteiger partial charge in [0.15, 0.2) is 0 Å². The summed E-state index contributed by atoms with van der Waals surface area (Å²) in [5.74, 6) is -0.486. The van der Waals surface area contributed by atoms with Gasteiger partial charge < -0.3 is 20.1 Å². The highest BCUT2D eigenvalue weighted by Crippen LogP contribution is 2.35. The second-order valence-corrected chi connectivity index (χ2v) is 9.77. The topological polar surface area (TPSA) is 125 Å². The smallest absolute Gasteiger partial charge is 0.414 e. The minimum Gasteiger partial charge on any atom is -0.444 e. The van der Waals surface area contributed by atoms with Crippen LogP contribution in [0, 0.1) is 10.1 Å². The van der Waals surface area contributed by atoms with E-state index in [9.17, 15) is 24.8 Å². The fourth-order valence-corrected chi connectivity index (χ4v) is 5.29. The SMILES string of the molecule is O=C(N[C@@H](CO)Cc1ccccc1)c1ccc(N2CCC(N3C(=O)OCc4ccccc43)CC2)c([N+](=O)[O-])c1. The highest BCUT2D eigenvalue weighted by atomic mass is 16.6. The normalized spacial score (nSPS) is 16.3. The van der Waals surface area contributed by atoms with E-state index in [4.69, 9.17) is 4.74 Å². The van der Waals surface area contributed by atoms with Gasteiger partial charge in [-0.25, -0.2) is 4.79 Å². The lowest BCUT2D eigenvalue weighted by Gasteiger charge is -2.40. The van der Waals surface area contributed by atoms with Gasteiger partial charge in [-0.1, -0.05) is 48.5 Å². The van der Waals surface area contributed by atoms with Crippen molar-refractivity contribution in [3.63, 3.8) is 0 Å².